The maximum Gasteiger partial charge on any atom is 0.268 e. The molecule has 0 saturated heterocycles. The summed E-state index contributed by atoms with van der Waals surface area (Å²) < 4.78 is 1.99. The van der Waals surface area contributed by atoms with Crippen molar-refractivity contribution in [2.75, 3.05) is 5.73 Å². The third kappa shape index (κ3) is 2.52. The Hall–Kier alpha value is -2.30. The Kier molecular flexibility index (Phi) is 3.18. The number of rotatable bonds is 4. The maximum atomic E-state index is 12.4. The first kappa shape index (κ1) is 12.7. The van der Waals surface area contributed by atoms with E-state index >= 15 is 0 Å². The Morgan fingerprint density at radius 1 is 1.55 bits per heavy atom. The SMILES string of the molecule is CC(NC(=O)c1cc(N)cn1C1CC1)c1cccnc1. The fraction of sp³-hybridized carbons (Fsp3) is 0.333. The summed E-state index contributed by atoms with van der Waals surface area (Å²) >= 11 is 0. The Morgan fingerprint density at radius 3 is 3.00 bits per heavy atom. The molecule has 0 radical (unpaired) electrons. The summed E-state index contributed by atoms with van der Waals surface area (Å²) in [4.78, 5) is 16.5. The van der Waals surface area contributed by atoms with Crippen LogP contribution in [0.15, 0.2) is 36.8 Å². The summed E-state index contributed by atoms with van der Waals surface area (Å²) in [7, 11) is 0. The lowest BCUT2D eigenvalue weighted by atomic mass is 10.1. The molecule has 1 saturated carbocycles. The second-order valence-corrected chi connectivity index (χ2v) is 5.28. The number of nitrogen functional groups attached to an aromatic ring is 1. The van der Waals surface area contributed by atoms with E-state index in [1.54, 1.807) is 18.5 Å². The minimum Gasteiger partial charge on any atom is -0.397 e. The van der Waals surface area contributed by atoms with Crippen LogP contribution in [-0.2, 0) is 0 Å². The first-order valence-corrected chi connectivity index (χ1v) is 6.83. The van der Waals surface area contributed by atoms with Gasteiger partial charge in [0.1, 0.15) is 5.69 Å². The highest BCUT2D eigenvalue weighted by Gasteiger charge is 2.28. The van der Waals surface area contributed by atoms with Gasteiger partial charge >= 0.3 is 0 Å². The summed E-state index contributed by atoms with van der Waals surface area (Å²) in [6.07, 6.45) is 7.57. The molecule has 1 aliphatic rings. The highest BCUT2D eigenvalue weighted by atomic mass is 16.2. The smallest absolute Gasteiger partial charge is 0.268 e. The van der Waals surface area contributed by atoms with E-state index in [2.05, 4.69) is 10.3 Å². The summed E-state index contributed by atoms with van der Waals surface area (Å²) in [5.41, 5.74) is 8.07. The standard InChI is InChI=1S/C15H18N4O/c1-10(11-3-2-6-17-8-11)18-15(20)14-7-12(16)9-19(14)13-4-5-13/h2-3,6-10,13H,4-5,16H2,1H3,(H,18,20). The van der Waals surface area contributed by atoms with E-state index in [0.29, 0.717) is 17.4 Å². The lowest BCUT2D eigenvalue weighted by Crippen LogP contribution is -2.28. The van der Waals surface area contributed by atoms with Crippen LogP contribution < -0.4 is 11.1 Å². The topological polar surface area (TPSA) is 72.9 Å². The van der Waals surface area contributed by atoms with Gasteiger partial charge in [-0.2, -0.15) is 0 Å². The molecule has 1 amide bonds. The molecular weight excluding hydrogens is 252 g/mol. The van der Waals surface area contributed by atoms with E-state index in [9.17, 15) is 4.79 Å². The Labute approximate surface area is 117 Å². The second kappa shape index (κ2) is 5.00. The molecule has 2 aromatic rings. The molecule has 2 heterocycles. The van der Waals surface area contributed by atoms with Crippen LogP contribution in [0.2, 0.25) is 0 Å². The van der Waals surface area contributed by atoms with E-state index in [0.717, 1.165) is 18.4 Å². The van der Waals surface area contributed by atoms with Crippen LogP contribution >= 0.6 is 0 Å². The van der Waals surface area contributed by atoms with Gasteiger partial charge in [-0.25, -0.2) is 0 Å². The lowest BCUT2D eigenvalue weighted by Gasteiger charge is -2.15. The van der Waals surface area contributed by atoms with Crippen molar-refractivity contribution in [1.82, 2.24) is 14.9 Å². The number of hydrogen-bond donors (Lipinski definition) is 2. The molecule has 5 heteroatoms. The quantitative estimate of drug-likeness (QED) is 0.895. The van der Waals surface area contributed by atoms with Gasteiger partial charge in [0.05, 0.1) is 11.7 Å². The third-order valence-electron chi connectivity index (χ3n) is 3.57. The number of aromatic nitrogens is 2. The van der Waals surface area contributed by atoms with Gasteiger partial charge in [0.2, 0.25) is 0 Å². The van der Waals surface area contributed by atoms with E-state index in [1.807, 2.05) is 29.8 Å². The molecule has 5 nitrogen and oxygen atoms in total. The summed E-state index contributed by atoms with van der Waals surface area (Å²) in [6, 6.07) is 5.90. The Balaban J connectivity index is 1.76. The predicted molar refractivity (Wildman–Crippen MR) is 77.2 cm³/mol. The fourth-order valence-corrected chi connectivity index (χ4v) is 2.32. The van der Waals surface area contributed by atoms with Gasteiger partial charge in [-0.1, -0.05) is 6.07 Å². The van der Waals surface area contributed by atoms with Crippen molar-refractivity contribution in [1.29, 1.82) is 0 Å². The highest BCUT2D eigenvalue weighted by molar-refractivity contribution is 5.94. The molecule has 1 aliphatic carbocycles. The van der Waals surface area contributed by atoms with Crippen molar-refractivity contribution in [3.63, 3.8) is 0 Å². The van der Waals surface area contributed by atoms with Crippen molar-refractivity contribution in [3.05, 3.63) is 48.0 Å². The Bertz CT molecular complexity index is 616. The number of nitrogens with zero attached hydrogens (tertiary/aromatic N) is 2. The predicted octanol–water partition coefficient (Wildman–Crippen LogP) is 2.29. The number of pyridine rings is 1. The van der Waals surface area contributed by atoms with Crippen LogP contribution in [0.4, 0.5) is 5.69 Å². The molecule has 2 aromatic heterocycles. The number of hydrogen-bond acceptors (Lipinski definition) is 3. The second-order valence-electron chi connectivity index (χ2n) is 5.28. The van der Waals surface area contributed by atoms with E-state index in [-0.39, 0.29) is 11.9 Å². The van der Waals surface area contributed by atoms with Crippen LogP contribution in [0.5, 0.6) is 0 Å². The van der Waals surface area contributed by atoms with Crippen LogP contribution in [-0.4, -0.2) is 15.5 Å². The van der Waals surface area contributed by atoms with Gasteiger partial charge in [-0.05, 0) is 37.5 Å². The fourth-order valence-electron chi connectivity index (χ4n) is 2.32. The molecule has 3 N–H and O–H groups in total. The minimum absolute atomic E-state index is 0.0834. The number of nitrogens with one attached hydrogen (secondary N) is 1. The van der Waals surface area contributed by atoms with Gasteiger partial charge < -0.3 is 15.6 Å². The van der Waals surface area contributed by atoms with Crippen LogP contribution in [0.25, 0.3) is 0 Å². The molecule has 1 unspecified atom stereocenters. The number of carbonyl (C=O) groups is 1. The largest absolute Gasteiger partial charge is 0.397 e. The maximum absolute atomic E-state index is 12.4. The van der Waals surface area contributed by atoms with Gasteiger partial charge in [-0.3, -0.25) is 9.78 Å². The molecule has 104 valence electrons. The molecule has 0 spiro atoms. The first-order valence-electron chi connectivity index (χ1n) is 6.83. The van der Waals surface area contributed by atoms with Crippen LogP contribution in [0.3, 0.4) is 0 Å². The zero-order valence-corrected chi connectivity index (χ0v) is 11.4. The summed E-state index contributed by atoms with van der Waals surface area (Å²) in [5, 5.41) is 2.99. The zero-order chi connectivity index (χ0) is 14.1. The molecule has 20 heavy (non-hydrogen) atoms. The molecule has 1 atom stereocenters. The summed E-state index contributed by atoms with van der Waals surface area (Å²) in [5.74, 6) is -0.0926. The van der Waals surface area contributed by atoms with E-state index in [1.165, 1.54) is 0 Å². The number of amides is 1. The monoisotopic (exact) mass is 270 g/mol. The average molecular weight is 270 g/mol. The molecular formula is C15H18N4O. The van der Waals surface area contributed by atoms with E-state index in [4.69, 9.17) is 5.73 Å². The molecule has 1 fully saturated rings. The van der Waals surface area contributed by atoms with Crippen molar-refractivity contribution in [3.8, 4) is 0 Å². The van der Waals surface area contributed by atoms with Crippen molar-refractivity contribution in [2.45, 2.75) is 31.8 Å². The number of anilines is 1. The Morgan fingerprint density at radius 2 is 2.35 bits per heavy atom. The summed E-state index contributed by atoms with van der Waals surface area (Å²) in [6.45, 7) is 1.95. The van der Waals surface area contributed by atoms with Gasteiger partial charge in [0.25, 0.3) is 5.91 Å². The van der Waals surface area contributed by atoms with E-state index < -0.39 is 0 Å². The van der Waals surface area contributed by atoms with Crippen LogP contribution in [0.1, 0.15) is 47.9 Å². The first-order chi connectivity index (χ1) is 9.65. The molecule has 0 aromatic carbocycles. The zero-order valence-electron chi connectivity index (χ0n) is 11.4. The normalized spacial score (nSPS) is 15.8. The van der Waals surface area contributed by atoms with Crippen molar-refractivity contribution >= 4 is 11.6 Å². The van der Waals surface area contributed by atoms with Crippen molar-refractivity contribution < 1.29 is 4.79 Å². The minimum atomic E-state index is -0.0926. The van der Waals surface area contributed by atoms with Crippen LogP contribution in [0, 0.1) is 0 Å². The highest BCUT2D eigenvalue weighted by Crippen LogP contribution is 2.37. The lowest BCUT2D eigenvalue weighted by molar-refractivity contribution is 0.0930. The number of nitrogens with two attached hydrogens (primary N) is 1. The average Bonchev–Trinajstić information content (AvgIpc) is 3.22. The third-order valence-corrected chi connectivity index (χ3v) is 3.57. The molecule has 3 rings (SSSR count). The van der Waals surface area contributed by atoms with Crippen molar-refractivity contribution in [2.24, 2.45) is 0 Å². The van der Waals surface area contributed by atoms with Gasteiger partial charge in [-0.15, -0.1) is 0 Å². The number of carbonyl (C=O) groups excluding carboxylic acids is 1. The molecule has 0 aliphatic heterocycles. The van der Waals surface area contributed by atoms with Gasteiger partial charge in [0.15, 0.2) is 0 Å². The van der Waals surface area contributed by atoms with Gasteiger partial charge in [0, 0.05) is 24.6 Å². The molecule has 0 bridgehead atoms.